The number of carboxylic acid groups (broad SMARTS) is 1. The molecule has 0 fully saturated rings. The number of hydrogen-bond donors (Lipinski definition) is 2. The zero-order chi connectivity index (χ0) is 24.0. The average molecular weight is 490 g/mol. The first-order valence-electron chi connectivity index (χ1n) is 11.2. The molecule has 1 unspecified atom stereocenters. The van der Waals surface area contributed by atoms with Crippen molar-refractivity contribution in [1.29, 1.82) is 0 Å². The highest BCUT2D eigenvalue weighted by Gasteiger charge is 2.25. The fraction of sp³-hybridized carbons (Fsp3) is 0.385. The van der Waals surface area contributed by atoms with Crippen LogP contribution in [-0.4, -0.2) is 26.5 Å². The zero-order valence-corrected chi connectivity index (χ0v) is 20.2. The largest absolute Gasteiger partial charge is 0.481 e. The van der Waals surface area contributed by atoms with E-state index in [0.717, 1.165) is 36.2 Å². The van der Waals surface area contributed by atoms with Gasteiger partial charge in [0.2, 0.25) is 0 Å². The number of carboxylic acids is 1. The molecule has 3 rings (SSSR count). The second-order valence-electron chi connectivity index (χ2n) is 8.40. The molecule has 0 aliphatic rings. The fourth-order valence-electron chi connectivity index (χ4n) is 4.32. The van der Waals surface area contributed by atoms with E-state index in [-0.39, 0.29) is 25.0 Å². The van der Waals surface area contributed by atoms with Gasteiger partial charge in [-0.2, -0.15) is 0 Å². The van der Waals surface area contributed by atoms with Crippen molar-refractivity contribution in [2.75, 3.05) is 0 Å². The van der Waals surface area contributed by atoms with Gasteiger partial charge >= 0.3 is 5.97 Å². The normalized spacial score (nSPS) is 12.2. The molecule has 0 aliphatic heterocycles. The lowest BCUT2D eigenvalue weighted by Crippen LogP contribution is -2.11. The smallest absolute Gasteiger partial charge is 0.303 e. The molecule has 1 atom stereocenters. The highest BCUT2D eigenvalue weighted by Crippen LogP contribution is 2.34. The molecule has 7 heteroatoms. The number of benzene rings is 2. The van der Waals surface area contributed by atoms with E-state index in [0.29, 0.717) is 28.1 Å². The lowest BCUT2D eigenvalue weighted by Gasteiger charge is -2.15. The summed E-state index contributed by atoms with van der Waals surface area (Å²) in [5, 5.41) is 21.9. The summed E-state index contributed by atoms with van der Waals surface area (Å²) < 4.78 is 1.85. The Morgan fingerprint density at radius 1 is 0.970 bits per heavy atom. The molecule has 0 saturated heterocycles. The molecule has 3 aromatic rings. The molecule has 2 aromatic carbocycles. The third kappa shape index (κ3) is 6.59. The first kappa shape index (κ1) is 25.3. The Labute approximate surface area is 203 Å². The topological polar surface area (TPSA) is 79.5 Å². The number of aliphatic hydroxyl groups excluding tert-OH is 1. The van der Waals surface area contributed by atoms with Crippen molar-refractivity contribution in [3.63, 3.8) is 0 Å². The number of aryl methyl sites for hydroxylation is 2. The summed E-state index contributed by atoms with van der Waals surface area (Å²) in [6.07, 6.45) is 3.70. The summed E-state index contributed by atoms with van der Waals surface area (Å²) >= 11 is 12.2. The van der Waals surface area contributed by atoms with Crippen LogP contribution in [0.4, 0.5) is 0 Å². The molecule has 0 saturated carbocycles. The van der Waals surface area contributed by atoms with Gasteiger partial charge in [-0.1, -0.05) is 48.2 Å². The number of hydrogen-bond acceptors (Lipinski definition) is 3. The number of rotatable bonds is 12. The van der Waals surface area contributed by atoms with Gasteiger partial charge in [0.25, 0.3) is 0 Å². The molecule has 5 nitrogen and oxygen atoms in total. The number of aliphatic carboxylic acids is 1. The van der Waals surface area contributed by atoms with Gasteiger partial charge in [0.05, 0.1) is 11.8 Å². The summed E-state index contributed by atoms with van der Waals surface area (Å²) in [6, 6.07) is 13.2. The molecule has 1 heterocycles. The molecule has 176 valence electrons. The number of aromatic nitrogens is 1. The molecule has 0 aliphatic carbocycles. The van der Waals surface area contributed by atoms with Gasteiger partial charge in [-0.25, -0.2) is 0 Å². The lowest BCUT2D eigenvalue weighted by atomic mass is 9.97. The van der Waals surface area contributed by atoms with Crippen molar-refractivity contribution >= 4 is 45.9 Å². The Morgan fingerprint density at radius 3 is 2.45 bits per heavy atom. The quantitative estimate of drug-likeness (QED) is 0.217. The van der Waals surface area contributed by atoms with Crippen molar-refractivity contribution in [1.82, 2.24) is 4.57 Å². The minimum absolute atomic E-state index is 0.0677. The Balaban J connectivity index is 1.71. The van der Waals surface area contributed by atoms with Gasteiger partial charge in [0.1, 0.15) is 0 Å². The fourth-order valence-corrected chi connectivity index (χ4v) is 4.70. The van der Waals surface area contributed by atoms with Crippen LogP contribution in [0.25, 0.3) is 10.9 Å². The van der Waals surface area contributed by atoms with E-state index in [1.807, 2.05) is 35.9 Å². The summed E-state index contributed by atoms with van der Waals surface area (Å²) in [4.78, 5) is 23.9. The van der Waals surface area contributed by atoms with Crippen LogP contribution in [0.3, 0.4) is 0 Å². The SMILES string of the molecule is Cn1c(C(O)CCCCCc2cccc(Cl)c2)c(C(=O)CCCC(=O)O)c2cc(Cl)ccc21. The molecule has 0 amide bonds. The first-order chi connectivity index (χ1) is 15.8. The number of unbranched alkanes of at least 4 members (excludes halogenated alkanes) is 2. The Bertz CT molecular complexity index is 1140. The summed E-state index contributed by atoms with van der Waals surface area (Å²) in [7, 11) is 1.84. The van der Waals surface area contributed by atoms with E-state index >= 15 is 0 Å². The van der Waals surface area contributed by atoms with E-state index in [4.69, 9.17) is 28.3 Å². The van der Waals surface area contributed by atoms with E-state index in [2.05, 4.69) is 6.07 Å². The maximum Gasteiger partial charge on any atom is 0.303 e. The Kier molecular flexibility index (Phi) is 8.95. The summed E-state index contributed by atoms with van der Waals surface area (Å²) in [5.74, 6) is -1.10. The number of fused-ring (bicyclic) bond motifs is 1. The van der Waals surface area contributed by atoms with Gasteiger partial charge in [-0.05, 0) is 61.6 Å². The predicted molar refractivity (Wildman–Crippen MR) is 132 cm³/mol. The Hall–Kier alpha value is -2.34. The maximum atomic E-state index is 13.1. The maximum absolute atomic E-state index is 13.1. The lowest BCUT2D eigenvalue weighted by molar-refractivity contribution is -0.137. The molecule has 0 spiro atoms. The van der Waals surface area contributed by atoms with Crippen molar-refractivity contribution in [3.05, 3.63) is 69.3 Å². The molecular formula is C26H29Cl2NO4. The van der Waals surface area contributed by atoms with E-state index in [1.165, 1.54) is 5.56 Å². The monoisotopic (exact) mass is 489 g/mol. The summed E-state index contributed by atoms with van der Waals surface area (Å²) in [5.41, 5.74) is 3.04. The third-order valence-electron chi connectivity index (χ3n) is 5.93. The van der Waals surface area contributed by atoms with Gasteiger partial charge in [-0.15, -0.1) is 0 Å². The molecular weight excluding hydrogens is 461 g/mol. The highest BCUT2D eigenvalue weighted by atomic mass is 35.5. The Morgan fingerprint density at radius 2 is 1.73 bits per heavy atom. The summed E-state index contributed by atoms with van der Waals surface area (Å²) in [6.45, 7) is 0. The highest BCUT2D eigenvalue weighted by molar-refractivity contribution is 6.31. The molecule has 0 radical (unpaired) electrons. The number of carbonyl (C=O) groups is 2. The second-order valence-corrected chi connectivity index (χ2v) is 9.27. The number of carbonyl (C=O) groups excluding carboxylic acids is 1. The average Bonchev–Trinajstić information content (AvgIpc) is 3.04. The van der Waals surface area contributed by atoms with Crippen LogP contribution in [0, 0.1) is 0 Å². The third-order valence-corrected chi connectivity index (χ3v) is 6.40. The number of aliphatic hydroxyl groups is 1. The first-order valence-corrected chi connectivity index (χ1v) is 12.0. The van der Waals surface area contributed by atoms with E-state index in [9.17, 15) is 14.7 Å². The zero-order valence-electron chi connectivity index (χ0n) is 18.7. The van der Waals surface area contributed by atoms with Crippen LogP contribution < -0.4 is 0 Å². The minimum Gasteiger partial charge on any atom is -0.481 e. The van der Waals surface area contributed by atoms with Crippen molar-refractivity contribution < 1.29 is 19.8 Å². The van der Waals surface area contributed by atoms with Crippen molar-refractivity contribution in [3.8, 4) is 0 Å². The van der Waals surface area contributed by atoms with E-state index < -0.39 is 12.1 Å². The van der Waals surface area contributed by atoms with E-state index in [1.54, 1.807) is 12.1 Å². The second kappa shape index (κ2) is 11.7. The minimum atomic E-state index is -0.929. The van der Waals surface area contributed by atoms with Gasteiger partial charge < -0.3 is 14.8 Å². The number of Topliss-reactive ketones (excluding diaryl/α,β-unsaturated/α-hetero) is 1. The van der Waals surface area contributed by atoms with Crippen molar-refractivity contribution in [2.24, 2.45) is 7.05 Å². The van der Waals surface area contributed by atoms with Crippen LogP contribution >= 0.6 is 23.2 Å². The molecule has 33 heavy (non-hydrogen) atoms. The van der Waals surface area contributed by atoms with Gasteiger partial charge in [0.15, 0.2) is 5.78 Å². The van der Waals surface area contributed by atoms with Crippen LogP contribution in [0.2, 0.25) is 10.0 Å². The van der Waals surface area contributed by atoms with Gasteiger partial charge in [0, 0.05) is 46.4 Å². The standard InChI is InChI=1S/C26H29Cl2NO4/c1-29-21-14-13-19(28)16-20(21)25(22(30)11-6-12-24(32)33)26(29)23(31)10-4-2-3-7-17-8-5-9-18(27)15-17/h5,8-9,13-16,23,31H,2-4,6-7,10-12H2,1H3,(H,32,33). The number of halogens is 2. The van der Waals surface area contributed by atoms with Crippen LogP contribution in [0.15, 0.2) is 42.5 Å². The number of nitrogens with zero attached hydrogens (tertiary/aromatic N) is 1. The van der Waals surface area contributed by atoms with Crippen LogP contribution in [-0.2, 0) is 18.3 Å². The number of ketones is 1. The molecule has 1 aromatic heterocycles. The van der Waals surface area contributed by atoms with Gasteiger partial charge in [-0.3, -0.25) is 9.59 Å². The predicted octanol–water partition coefficient (Wildman–Crippen LogP) is 6.76. The van der Waals surface area contributed by atoms with Crippen LogP contribution in [0.5, 0.6) is 0 Å². The van der Waals surface area contributed by atoms with Crippen LogP contribution in [0.1, 0.15) is 72.7 Å². The molecule has 2 N–H and O–H groups in total. The molecule has 0 bridgehead atoms. The van der Waals surface area contributed by atoms with Crippen molar-refractivity contribution in [2.45, 2.75) is 57.5 Å².